The van der Waals surface area contributed by atoms with E-state index in [0.29, 0.717) is 18.2 Å². The second-order valence-corrected chi connectivity index (χ2v) is 11.3. The van der Waals surface area contributed by atoms with E-state index in [-0.39, 0.29) is 41.7 Å². The predicted octanol–water partition coefficient (Wildman–Crippen LogP) is 3.13. The number of likely N-dealkylation sites (tertiary alicyclic amines) is 1. The first-order valence-electron chi connectivity index (χ1n) is 12.6. The van der Waals surface area contributed by atoms with E-state index in [9.17, 15) is 9.59 Å². The quantitative estimate of drug-likeness (QED) is 0.408. The standard InChI is InChI=1S/C27H27ClN6O3/c1-27(2)21-22(27)26(36)33(25(21)35)11-15-7-20-23(30-14-31-34(20)12-15)19-9-17(28)8-16-3-5-32(24(16)19)13-18-10-29-4-6-37-18/h3,5,7-9,12,14,18,21-22,29H,4,6,10-11,13H2,1-2H3. The number of carbonyl (C=O) groups is 2. The summed E-state index contributed by atoms with van der Waals surface area (Å²) < 4.78 is 9.89. The molecule has 3 aliphatic rings. The highest BCUT2D eigenvalue weighted by atomic mass is 35.5. The summed E-state index contributed by atoms with van der Waals surface area (Å²) in [6.45, 7) is 7.28. The van der Waals surface area contributed by atoms with Crippen LogP contribution in [0, 0.1) is 17.3 Å². The second kappa shape index (κ2) is 8.11. The molecule has 7 rings (SSSR count). The molecule has 2 aliphatic heterocycles. The number of hydrogen-bond donors (Lipinski definition) is 1. The molecule has 37 heavy (non-hydrogen) atoms. The summed E-state index contributed by atoms with van der Waals surface area (Å²) in [6.07, 6.45) is 5.51. The Morgan fingerprint density at radius 1 is 1.19 bits per heavy atom. The highest BCUT2D eigenvalue weighted by Crippen LogP contribution is 2.63. The summed E-state index contributed by atoms with van der Waals surface area (Å²) in [4.78, 5) is 31.8. The molecule has 3 atom stereocenters. The molecule has 2 amide bonds. The van der Waals surface area contributed by atoms with E-state index in [1.807, 2.05) is 38.2 Å². The third kappa shape index (κ3) is 3.52. The zero-order valence-corrected chi connectivity index (χ0v) is 21.4. The van der Waals surface area contributed by atoms with Gasteiger partial charge in [-0.3, -0.25) is 14.5 Å². The van der Waals surface area contributed by atoms with Gasteiger partial charge in [0.25, 0.3) is 0 Å². The van der Waals surface area contributed by atoms with Crippen LogP contribution in [0.1, 0.15) is 19.4 Å². The number of nitrogens with one attached hydrogen (secondary N) is 1. The molecule has 10 heteroatoms. The first kappa shape index (κ1) is 22.9. The van der Waals surface area contributed by atoms with E-state index in [0.717, 1.165) is 46.3 Å². The summed E-state index contributed by atoms with van der Waals surface area (Å²) in [5.41, 5.74) is 4.05. The van der Waals surface area contributed by atoms with E-state index in [4.69, 9.17) is 16.3 Å². The number of carbonyl (C=O) groups excluding carboxylic acids is 2. The van der Waals surface area contributed by atoms with Crippen molar-refractivity contribution in [1.29, 1.82) is 0 Å². The van der Waals surface area contributed by atoms with Gasteiger partial charge in [-0.15, -0.1) is 0 Å². The molecule has 4 aromatic rings. The topological polar surface area (TPSA) is 93.8 Å². The Balaban J connectivity index is 1.27. The van der Waals surface area contributed by atoms with Gasteiger partial charge in [0.05, 0.1) is 54.4 Å². The third-order valence-corrected chi connectivity index (χ3v) is 8.40. The minimum Gasteiger partial charge on any atom is -0.374 e. The molecule has 9 nitrogen and oxygen atoms in total. The van der Waals surface area contributed by atoms with Crippen LogP contribution < -0.4 is 5.32 Å². The van der Waals surface area contributed by atoms with Crippen LogP contribution in [0.2, 0.25) is 5.02 Å². The van der Waals surface area contributed by atoms with Crippen molar-refractivity contribution in [3.05, 3.63) is 53.6 Å². The van der Waals surface area contributed by atoms with Crippen molar-refractivity contribution in [2.45, 2.75) is 33.0 Å². The number of piperidine rings is 1. The van der Waals surface area contributed by atoms with Crippen LogP contribution in [-0.4, -0.2) is 61.7 Å². The fourth-order valence-electron chi connectivity index (χ4n) is 6.22. The maximum Gasteiger partial charge on any atom is 0.233 e. The number of aromatic nitrogens is 4. The average molecular weight is 519 g/mol. The molecule has 3 unspecified atom stereocenters. The molecule has 1 N–H and O–H groups in total. The lowest BCUT2D eigenvalue weighted by Crippen LogP contribution is -2.40. The summed E-state index contributed by atoms with van der Waals surface area (Å²) >= 11 is 6.54. The normalized spacial score (nSPS) is 24.8. The molecule has 0 radical (unpaired) electrons. The van der Waals surface area contributed by atoms with Crippen molar-refractivity contribution < 1.29 is 14.3 Å². The number of nitrogens with zero attached hydrogens (tertiary/aromatic N) is 5. The van der Waals surface area contributed by atoms with Gasteiger partial charge in [0, 0.05) is 41.5 Å². The number of fused-ring (bicyclic) bond motifs is 3. The van der Waals surface area contributed by atoms with Crippen LogP contribution in [0.3, 0.4) is 0 Å². The molecule has 0 bridgehead atoms. The minimum absolute atomic E-state index is 0.0737. The Morgan fingerprint density at radius 2 is 2.00 bits per heavy atom. The van der Waals surface area contributed by atoms with Gasteiger partial charge in [-0.25, -0.2) is 9.50 Å². The molecule has 0 spiro atoms. The van der Waals surface area contributed by atoms with Gasteiger partial charge in [-0.05, 0) is 35.2 Å². The molecule has 1 aliphatic carbocycles. The van der Waals surface area contributed by atoms with E-state index in [1.54, 1.807) is 4.52 Å². The van der Waals surface area contributed by atoms with Crippen LogP contribution in [0.25, 0.3) is 27.7 Å². The zero-order chi connectivity index (χ0) is 25.5. The average Bonchev–Trinajstić information content (AvgIpc) is 3.23. The molecular formula is C27H27ClN6O3. The molecule has 3 fully saturated rings. The van der Waals surface area contributed by atoms with Gasteiger partial charge < -0.3 is 14.6 Å². The van der Waals surface area contributed by atoms with Gasteiger partial charge in [-0.2, -0.15) is 5.10 Å². The SMILES string of the molecule is CC1(C)C2C(=O)N(Cc3cc4c(-c5cc(Cl)cc6ccn(CC7CNCCO7)c56)ncnn4c3)C(=O)C21. The van der Waals surface area contributed by atoms with E-state index in [1.165, 1.54) is 11.2 Å². The van der Waals surface area contributed by atoms with Gasteiger partial charge in [0.2, 0.25) is 11.8 Å². The highest BCUT2D eigenvalue weighted by Gasteiger charge is 2.72. The lowest BCUT2D eigenvalue weighted by Gasteiger charge is -2.24. The number of morpholine rings is 1. The lowest BCUT2D eigenvalue weighted by molar-refractivity contribution is -0.143. The third-order valence-electron chi connectivity index (χ3n) is 8.18. The molecular weight excluding hydrogens is 492 g/mol. The summed E-state index contributed by atoms with van der Waals surface area (Å²) in [5, 5.41) is 9.43. The minimum atomic E-state index is -0.222. The van der Waals surface area contributed by atoms with Crippen LogP contribution in [0.15, 0.2) is 43.0 Å². The van der Waals surface area contributed by atoms with Crippen molar-refractivity contribution in [1.82, 2.24) is 29.4 Å². The Labute approximate surface area is 218 Å². The first-order valence-corrected chi connectivity index (χ1v) is 13.0. The Bertz CT molecular complexity index is 1560. The van der Waals surface area contributed by atoms with Crippen molar-refractivity contribution >= 4 is 39.8 Å². The Kier molecular flexibility index (Phi) is 5.02. The van der Waals surface area contributed by atoms with Gasteiger partial charge in [0.1, 0.15) is 6.33 Å². The fourth-order valence-corrected chi connectivity index (χ4v) is 6.45. The molecule has 5 heterocycles. The second-order valence-electron chi connectivity index (χ2n) is 10.9. The smallest absolute Gasteiger partial charge is 0.233 e. The maximum atomic E-state index is 12.9. The highest BCUT2D eigenvalue weighted by molar-refractivity contribution is 6.32. The lowest BCUT2D eigenvalue weighted by atomic mass is 10.1. The number of ether oxygens (including phenoxy) is 1. The number of rotatable bonds is 5. The van der Waals surface area contributed by atoms with E-state index in [2.05, 4.69) is 32.2 Å². The fraction of sp³-hybridized carbons (Fsp3) is 0.407. The Morgan fingerprint density at radius 3 is 2.76 bits per heavy atom. The molecule has 3 aromatic heterocycles. The summed E-state index contributed by atoms with van der Waals surface area (Å²) in [6, 6.07) is 7.90. The zero-order valence-electron chi connectivity index (χ0n) is 20.6. The van der Waals surface area contributed by atoms with Crippen LogP contribution >= 0.6 is 11.6 Å². The molecule has 190 valence electrons. The molecule has 1 saturated carbocycles. The van der Waals surface area contributed by atoms with Crippen LogP contribution in [0.5, 0.6) is 0 Å². The molecule has 2 saturated heterocycles. The van der Waals surface area contributed by atoms with Crippen LogP contribution in [-0.2, 0) is 27.4 Å². The number of amides is 2. The number of benzene rings is 1. The predicted molar refractivity (Wildman–Crippen MR) is 138 cm³/mol. The first-order chi connectivity index (χ1) is 17.8. The van der Waals surface area contributed by atoms with Crippen molar-refractivity contribution in [3.8, 4) is 11.3 Å². The van der Waals surface area contributed by atoms with Crippen molar-refractivity contribution in [2.75, 3.05) is 19.7 Å². The Hall–Kier alpha value is -3.27. The summed E-state index contributed by atoms with van der Waals surface area (Å²) in [5.74, 6) is -0.530. The van der Waals surface area contributed by atoms with Crippen LogP contribution in [0.4, 0.5) is 0 Å². The number of imide groups is 1. The van der Waals surface area contributed by atoms with Gasteiger partial charge in [-0.1, -0.05) is 25.4 Å². The van der Waals surface area contributed by atoms with E-state index < -0.39 is 0 Å². The monoisotopic (exact) mass is 518 g/mol. The van der Waals surface area contributed by atoms with Gasteiger partial charge >= 0.3 is 0 Å². The number of hydrogen-bond acceptors (Lipinski definition) is 6. The van der Waals surface area contributed by atoms with E-state index >= 15 is 0 Å². The summed E-state index contributed by atoms with van der Waals surface area (Å²) in [7, 11) is 0. The number of halogens is 1. The maximum absolute atomic E-state index is 12.9. The van der Waals surface area contributed by atoms with Crippen molar-refractivity contribution in [3.63, 3.8) is 0 Å². The van der Waals surface area contributed by atoms with Gasteiger partial charge in [0.15, 0.2) is 0 Å². The largest absolute Gasteiger partial charge is 0.374 e. The molecule has 1 aromatic carbocycles. The van der Waals surface area contributed by atoms with Crippen molar-refractivity contribution in [2.24, 2.45) is 17.3 Å².